The van der Waals surface area contributed by atoms with Gasteiger partial charge >= 0.3 is 0 Å². The Morgan fingerprint density at radius 2 is 0.932 bits per heavy atom. The van der Waals surface area contributed by atoms with Crippen LogP contribution in [0.3, 0.4) is 0 Å². The Morgan fingerprint density at radius 1 is 0.407 bits per heavy atom. The summed E-state index contributed by atoms with van der Waals surface area (Å²) >= 11 is 0. The van der Waals surface area contributed by atoms with Crippen LogP contribution >= 0.6 is 0 Å². The third-order valence-electron chi connectivity index (χ3n) is 11.8. The molecule has 0 radical (unpaired) electrons. The van der Waals surface area contributed by atoms with Gasteiger partial charge < -0.3 is 4.90 Å². The number of hydrogen-bond donors (Lipinski definition) is 0. The van der Waals surface area contributed by atoms with Crippen molar-refractivity contribution in [2.45, 2.75) is 19.3 Å². The van der Waals surface area contributed by atoms with Crippen molar-refractivity contribution in [2.24, 2.45) is 0 Å². The number of nitrogens with zero attached hydrogens (tertiary/aromatic N) is 5. The van der Waals surface area contributed by atoms with Gasteiger partial charge in [0.25, 0.3) is 0 Å². The van der Waals surface area contributed by atoms with Gasteiger partial charge in [0.1, 0.15) is 0 Å². The minimum atomic E-state index is -0.241. The van der Waals surface area contributed by atoms with Gasteiger partial charge in [0.2, 0.25) is 5.95 Å². The first kappa shape index (κ1) is 34.6. The zero-order chi connectivity index (χ0) is 39.5. The molecule has 0 fully saturated rings. The van der Waals surface area contributed by atoms with Gasteiger partial charge in [-0.05, 0) is 81.9 Å². The molecule has 5 heteroatoms. The molecule has 0 unspecified atom stereocenters. The van der Waals surface area contributed by atoms with Crippen LogP contribution in [-0.2, 0) is 5.41 Å². The molecule has 0 saturated carbocycles. The Hall–Kier alpha value is -7.63. The van der Waals surface area contributed by atoms with E-state index < -0.39 is 0 Å². The monoisotopic (exact) mass is 757 g/mol. The van der Waals surface area contributed by atoms with E-state index in [2.05, 4.69) is 224 Å². The first-order valence-electron chi connectivity index (χ1n) is 20.1. The standard InChI is InChI=1S/C54H39N5/c1-54(2)47-28-12-9-23-42(47)45-26-16-27-46(50(45)54)52-55-51(56-53(57-52)59-48-29-13-10-24-43(48)44-25-11-14-30-49(44)59)37-33-31-36(32-34-37)38-17-15-22-41(35-38)58(39-18-5-3-6-19-39)40-20-7-4-8-21-40/h3-35H,1-2H3. The number of para-hydroxylation sites is 4. The molecule has 8 aromatic carbocycles. The lowest BCUT2D eigenvalue weighted by molar-refractivity contribution is 0.661. The molecule has 0 N–H and O–H groups in total. The van der Waals surface area contributed by atoms with Crippen molar-refractivity contribution in [1.29, 1.82) is 0 Å². The van der Waals surface area contributed by atoms with Gasteiger partial charge in [-0.2, -0.15) is 9.97 Å². The predicted octanol–water partition coefficient (Wildman–Crippen LogP) is 13.7. The molecule has 280 valence electrons. The van der Waals surface area contributed by atoms with E-state index >= 15 is 0 Å². The molecule has 0 spiro atoms. The van der Waals surface area contributed by atoms with Gasteiger partial charge in [0.15, 0.2) is 11.6 Å². The van der Waals surface area contributed by atoms with E-state index in [9.17, 15) is 0 Å². The number of fused-ring (bicyclic) bond motifs is 6. The summed E-state index contributed by atoms with van der Waals surface area (Å²) in [5.41, 5.74) is 14.4. The van der Waals surface area contributed by atoms with Crippen LogP contribution in [0.15, 0.2) is 200 Å². The third kappa shape index (κ3) is 5.73. The summed E-state index contributed by atoms with van der Waals surface area (Å²) in [7, 11) is 0. The molecule has 59 heavy (non-hydrogen) atoms. The lowest BCUT2D eigenvalue weighted by Gasteiger charge is -2.26. The second-order valence-corrected chi connectivity index (χ2v) is 15.7. The maximum atomic E-state index is 5.36. The minimum absolute atomic E-state index is 0.241. The highest BCUT2D eigenvalue weighted by molar-refractivity contribution is 6.09. The summed E-state index contributed by atoms with van der Waals surface area (Å²) in [6.07, 6.45) is 0. The van der Waals surface area contributed by atoms with Gasteiger partial charge in [0, 0.05) is 44.4 Å². The van der Waals surface area contributed by atoms with Crippen LogP contribution in [-0.4, -0.2) is 19.5 Å². The average molecular weight is 758 g/mol. The van der Waals surface area contributed by atoms with Crippen LogP contribution in [0.2, 0.25) is 0 Å². The van der Waals surface area contributed by atoms with E-state index in [1.54, 1.807) is 0 Å². The molecule has 0 bridgehead atoms. The smallest absolute Gasteiger partial charge is 0.238 e. The molecule has 0 atom stereocenters. The normalized spacial score (nSPS) is 12.7. The molecule has 2 aromatic heterocycles. The molecule has 0 saturated heterocycles. The largest absolute Gasteiger partial charge is 0.310 e. The molecule has 2 heterocycles. The van der Waals surface area contributed by atoms with Crippen molar-refractivity contribution in [3.8, 4) is 51.0 Å². The first-order valence-corrected chi connectivity index (χ1v) is 20.1. The highest BCUT2D eigenvalue weighted by atomic mass is 15.2. The minimum Gasteiger partial charge on any atom is -0.310 e. The lowest BCUT2D eigenvalue weighted by Crippen LogP contribution is -2.17. The van der Waals surface area contributed by atoms with Crippen LogP contribution in [0.25, 0.3) is 72.8 Å². The van der Waals surface area contributed by atoms with E-state index in [4.69, 9.17) is 15.0 Å². The van der Waals surface area contributed by atoms with Gasteiger partial charge in [-0.15, -0.1) is 0 Å². The van der Waals surface area contributed by atoms with Crippen molar-refractivity contribution in [3.63, 3.8) is 0 Å². The molecular weight excluding hydrogens is 719 g/mol. The topological polar surface area (TPSA) is 46.8 Å². The Morgan fingerprint density at radius 3 is 1.63 bits per heavy atom. The van der Waals surface area contributed by atoms with E-state index in [0.29, 0.717) is 17.6 Å². The fraction of sp³-hybridized carbons (Fsp3) is 0.0556. The Balaban J connectivity index is 1.06. The van der Waals surface area contributed by atoms with E-state index in [1.165, 1.54) is 22.3 Å². The van der Waals surface area contributed by atoms with Crippen LogP contribution < -0.4 is 4.90 Å². The first-order chi connectivity index (χ1) is 29.0. The highest BCUT2D eigenvalue weighted by Gasteiger charge is 2.38. The van der Waals surface area contributed by atoms with E-state index in [0.717, 1.165) is 61.1 Å². The van der Waals surface area contributed by atoms with Crippen LogP contribution in [0.4, 0.5) is 17.1 Å². The van der Waals surface area contributed by atoms with Crippen LogP contribution in [0.1, 0.15) is 25.0 Å². The molecule has 1 aliphatic rings. The van der Waals surface area contributed by atoms with Gasteiger partial charge in [-0.1, -0.05) is 166 Å². The number of aromatic nitrogens is 4. The van der Waals surface area contributed by atoms with Crippen molar-refractivity contribution in [2.75, 3.05) is 4.90 Å². The van der Waals surface area contributed by atoms with Crippen LogP contribution in [0.5, 0.6) is 0 Å². The van der Waals surface area contributed by atoms with Gasteiger partial charge in [-0.3, -0.25) is 4.57 Å². The summed E-state index contributed by atoms with van der Waals surface area (Å²) < 4.78 is 2.19. The van der Waals surface area contributed by atoms with Crippen LogP contribution in [0, 0.1) is 0 Å². The Labute approximate surface area is 343 Å². The number of anilines is 3. The van der Waals surface area contributed by atoms with Crippen molar-refractivity contribution in [1.82, 2.24) is 19.5 Å². The fourth-order valence-electron chi connectivity index (χ4n) is 9.12. The summed E-state index contributed by atoms with van der Waals surface area (Å²) in [6.45, 7) is 4.62. The van der Waals surface area contributed by atoms with Crippen molar-refractivity contribution >= 4 is 38.9 Å². The predicted molar refractivity (Wildman–Crippen MR) is 243 cm³/mol. The second kappa shape index (κ2) is 13.8. The summed E-state index contributed by atoms with van der Waals surface area (Å²) in [5.74, 6) is 1.87. The van der Waals surface area contributed by atoms with E-state index in [1.807, 2.05) is 0 Å². The lowest BCUT2D eigenvalue weighted by atomic mass is 9.80. The zero-order valence-corrected chi connectivity index (χ0v) is 32.8. The summed E-state index contributed by atoms with van der Waals surface area (Å²) in [5, 5.41) is 2.32. The summed E-state index contributed by atoms with van der Waals surface area (Å²) in [4.78, 5) is 18.2. The SMILES string of the molecule is CC1(C)c2ccccc2-c2cccc(-c3nc(-c4ccc(-c5cccc(N(c6ccccc6)c6ccccc6)c5)cc4)nc(-n4c5ccccc5c5ccccc54)n3)c21. The molecule has 5 nitrogen and oxygen atoms in total. The molecule has 10 aromatic rings. The Bertz CT molecular complexity index is 3090. The number of benzene rings is 8. The molecular formula is C54H39N5. The molecule has 0 aliphatic heterocycles. The maximum absolute atomic E-state index is 5.36. The number of rotatable bonds is 7. The second-order valence-electron chi connectivity index (χ2n) is 15.7. The van der Waals surface area contributed by atoms with Gasteiger partial charge in [0.05, 0.1) is 11.0 Å². The Kier molecular flexibility index (Phi) is 8.09. The van der Waals surface area contributed by atoms with Gasteiger partial charge in [-0.25, -0.2) is 4.98 Å². The number of hydrogen-bond acceptors (Lipinski definition) is 4. The molecule has 0 amide bonds. The summed E-state index contributed by atoms with van der Waals surface area (Å²) in [6, 6.07) is 70.6. The zero-order valence-electron chi connectivity index (χ0n) is 32.8. The van der Waals surface area contributed by atoms with Crippen molar-refractivity contribution < 1.29 is 0 Å². The quantitative estimate of drug-likeness (QED) is 0.162. The highest BCUT2D eigenvalue weighted by Crippen LogP contribution is 2.51. The average Bonchev–Trinajstić information content (AvgIpc) is 3.76. The molecule has 11 rings (SSSR count). The van der Waals surface area contributed by atoms with Crippen molar-refractivity contribution in [3.05, 3.63) is 211 Å². The maximum Gasteiger partial charge on any atom is 0.238 e. The van der Waals surface area contributed by atoms with E-state index in [-0.39, 0.29) is 5.41 Å². The molecule has 1 aliphatic carbocycles. The third-order valence-corrected chi connectivity index (χ3v) is 11.8. The fourth-order valence-corrected chi connectivity index (χ4v) is 9.12.